The topological polar surface area (TPSA) is 17.1 Å². The smallest absolute Gasteiger partial charge is 0.130 e. The van der Waals surface area contributed by atoms with Crippen LogP contribution in [0.4, 0.5) is 0 Å². The van der Waals surface area contributed by atoms with Crippen LogP contribution in [0.15, 0.2) is 24.3 Å². The highest BCUT2D eigenvalue weighted by atomic mass is 16.1. The minimum absolute atomic E-state index is 0.208. The van der Waals surface area contributed by atoms with Gasteiger partial charge in [-0.05, 0) is 32.3 Å². The van der Waals surface area contributed by atoms with Gasteiger partial charge in [0.25, 0.3) is 0 Å². The second kappa shape index (κ2) is 5.29. The van der Waals surface area contributed by atoms with Crippen molar-refractivity contribution in [1.29, 1.82) is 0 Å². The van der Waals surface area contributed by atoms with Gasteiger partial charge < -0.3 is 0 Å². The Bertz CT molecular complexity index is 344. The fourth-order valence-corrected chi connectivity index (χ4v) is 2.10. The monoisotopic (exact) mass is 218 g/mol. The Kier molecular flexibility index (Phi) is 4.28. The zero-order valence-corrected chi connectivity index (χ0v) is 10.8. The number of hydrogen-bond acceptors (Lipinski definition) is 1. The molecular formula is C15H22O. The summed E-state index contributed by atoms with van der Waals surface area (Å²) >= 11 is 0. The average molecular weight is 218 g/mol. The summed E-state index contributed by atoms with van der Waals surface area (Å²) < 4.78 is 0. The fourth-order valence-electron chi connectivity index (χ4n) is 2.10. The summed E-state index contributed by atoms with van der Waals surface area (Å²) in [6.45, 7) is 7.78. The first kappa shape index (κ1) is 13.0. The van der Waals surface area contributed by atoms with Crippen LogP contribution in [0.1, 0.15) is 51.2 Å². The highest BCUT2D eigenvalue weighted by molar-refractivity contribution is 5.78. The molecule has 1 fully saturated rings. The van der Waals surface area contributed by atoms with E-state index in [-0.39, 0.29) is 5.41 Å². The number of benzene rings is 1. The molecule has 0 aliphatic heterocycles. The number of Topliss-reactive ketones (excluding diaryl/α,β-unsaturated/α-hetero) is 1. The number of hydrogen-bond donors (Lipinski definition) is 0. The number of rotatable bonds is 3. The van der Waals surface area contributed by atoms with E-state index in [2.05, 4.69) is 31.2 Å². The van der Waals surface area contributed by atoms with Crippen molar-refractivity contribution in [2.45, 2.75) is 52.4 Å². The first-order valence-electron chi connectivity index (χ1n) is 6.19. The highest BCUT2D eigenvalue weighted by Gasteiger charge is 2.44. The van der Waals surface area contributed by atoms with Gasteiger partial charge in [0.1, 0.15) is 5.78 Å². The SMILES string of the molecule is CC.CC(=O)CC1(c2ccc(C)cc2)CC1. The van der Waals surface area contributed by atoms with Gasteiger partial charge in [-0.3, -0.25) is 4.79 Å². The molecule has 16 heavy (non-hydrogen) atoms. The normalized spacial score (nSPS) is 16.0. The number of aryl methyl sites for hydroxylation is 1. The first-order chi connectivity index (χ1) is 7.62. The van der Waals surface area contributed by atoms with Gasteiger partial charge in [0.05, 0.1) is 0 Å². The molecule has 0 bridgehead atoms. The van der Waals surface area contributed by atoms with Gasteiger partial charge in [-0.1, -0.05) is 43.7 Å². The van der Waals surface area contributed by atoms with E-state index < -0.39 is 0 Å². The lowest BCUT2D eigenvalue weighted by molar-refractivity contribution is -0.117. The maximum atomic E-state index is 11.1. The molecule has 0 aromatic heterocycles. The summed E-state index contributed by atoms with van der Waals surface area (Å²) in [5, 5.41) is 0. The molecule has 0 N–H and O–H groups in total. The van der Waals surface area contributed by atoms with Crippen LogP contribution in [0.2, 0.25) is 0 Å². The maximum Gasteiger partial charge on any atom is 0.130 e. The third-order valence-electron chi connectivity index (χ3n) is 3.10. The molecule has 0 amide bonds. The van der Waals surface area contributed by atoms with Crippen molar-refractivity contribution in [1.82, 2.24) is 0 Å². The number of ketones is 1. The molecule has 0 atom stereocenters. The summed E-state index contributed by atoms with van der Waals surface area (Å²) in [5.74, 6) is 0.308. The number of carbonyl (C=O) groups is 1. The van der Waals surface area contributed by atoms with Crippen molar-refractivity contribution in [2.24, 2.45) is 0 Å². The highest BCUT2D eigenvalue weighted by Crippen LogP contribution is 2.51. The van der Waals surface area contributed by atoms with E-state index in [4.69, 9.17) is 0 Å². The third kappa shape index (κ3) is 2.94. The van der Waals surface area contributed by atoms with Gasteiger partial charge in [-0.25, -0.2) is 0 Å². The van der Waals surface area contributed by atoms with Gasteiger partial charge >= 0.3 is 0 Å². The van der Waals surface area contributed by atoms with Crippen LogP contribution >= 0.6 is 0 Å². The van der Waals surface area contributed by atoms with E-state index in [1.165, 1.54) is 24.0 Å². The Hall–Kier alpha value is -1.11. The van der Waals surface area contributed by atoms with E-state index >= 15 is 0 Å². The van der Waals surface area contributed by atoms with Crippen LogP contribution in [0.25, 0.3) is 0 Å². The molecule has 1 aromatic carbocycles. The first-order valence-corrected chi connectivity index (χ1v) is 6.19. The molecule has 1 aliphatic carbocycles. The summed E-state index contributed by atoms with van der Waals surface area (Å²) in [5.41, 5.74) is 2.84. The van der Waals surface area contributed by atoms with Gasteiger partial charge in [0.2, 0.25) is 0 Å². The Morgan fingerprint density at radius 1 is 1.19 bits per heavy atom. The molecule has 2 rings (SSSR count). The van der Waals surface area contributed by atoms with Crippen LogP contribution in [-0.2, 0) is 10.2 Å². The molecule has 0 heterocycles. The lowest BCUT2D eigenvalue weighted by Crippen LogP contribution is -2.11. The predicted octanol–water partition coefficient (Wildman–Crippen LogP) is 4.03. The van der Waals surface area contributed by atoms with Crippen LogP contribution in [-0.4, -0.2) is 5.78 Å². The number of carbonyl (C=O) groups excluding carboxylic acids is 1. The maximum absolute atomic E-state index is 11.1. The standard InChI is InChI=1S/C13H16O.C2H6/c1-10-3-5-12(6-4-10)13(7-8-13)9-11(2)14;1-2/h3-6H,7-9H2,1-2H3;1-2H3. The minimum Gasteiger partial charge on any atom is -0.300 e. The molecule has 88 valence electrons. The Balaban J connectivity index is 0.000000606. The van der Waals surface area contributed by atoms with Crippen molar-refractivity contribution in [2.75, 3.05) is 0 Å². The van der Waals surface area contributed by atoms with Crippen molar-refractivity contribution < 1.29 is 4.79 Å². The summed E-state index contributed by atoms with van der Waals surface area (Å²) in [6, 6.07) is 8.61. The molecule has 0 saturated heterocycles. The van der Waals surface area contributed by atoms with Gasteiger partial charge in [0, 0.05) is 11.8 Å². The summed E-state index contributed by atoms with van der Waals surface area (Å²) in [7, 11) is 0. The van der Waals surface area contributed by atoms with Crippen molar-refractivity contribution in [3.05, 3.63) is 35.4 Å². The summed E-state index contributed by atoms with van der Waals surface area (Å²) in [4.78, 5) is 11.1. The molecule has 0 unspecified atom stereocenters. The molecule has 1 nitrogen and oxygen atoms in total. The van der Waals surface area contributed by atoms with Crippen molar-refractivity contribution in [3.63, 3.8) is 0 Å². The van der Waals surface area contributed by atoms with Gasteiger partial charge in [-0.2, -0.15) is 0 Å². The fraction of sp³-hybridized carbons (Fsp3) is 0.533. The van der Waals surface area contributed by atoms with Crippen LogP contribution in [0, 0.1) is 6.92 Å². The molecule has 1 aromatic rings. The van der Waals surface area contributed by atoms with Crippen molar-refractivity contribution >= 4 is 5.78 Å². The summed E-state index contributed by atoms with van der Waals surface area (Å²) in [6.07, 6.45) is 3.07. The zero-order chi connectivity index (χ0) is 12.2. The molecule has 1 aliphatic rings. The van der Waals surface area contributed by atoms with E-state index in [0.29, 0.717) is 5.78 Å². The molecule has 1 heteroatoms. The minimum atomic E-state index is 0.208. The third-order valence-corrected chi connectivity index (χ3v) is 3.10. The van der Waals surface area contributed by atoms with E-state index in [0.717, 1.165) is 6.42 Å². The lowest BCUT2D eigenvalue weighted by Gasteiger charge is -2.13. The molecular weight excluding hydrogens is 196 g/mol. The van der Waals surface area contributed by atoms with Gasteiger partial charge in [-0.15, -0.1) is 0 Å². The molecule has 0 spiro atoms. The largest absolute Gasteiger partial charge is 0.300 e. The Morgan fingerprint density at radius 2 is 1.69 bits per heavy atom. The van der Waals surface area contributed by atoms with Crippen LogP contribution in [0.5, 0.6) is 0 Å². The van der Waals surface area contributed by atoms with Crippen LogP contribution < -0.4 is 0 Å². The average Bonchev–Trinajstić information content (AvgIpc) is 3.02. The van der Waals surface area contributed by atoms with Gasteiger partial charge in [0.15, 0.2) is 0 Å². The molecule has 1 saturated carbocycles. The second-order valence-corrected chi connectivity index (χ2v) is 4.53. The lowest BCUT2D eigenvalue weighted by atomic mass is 9.90. The van der Waals surface area contributed by atoms with E-state index in [1.807, 2.05) is 13.8 Å². The predicted molar refractivity (Wildman–Crippen MR) is 68.7 cm³/mol. The molecule has 0 radical (unpaired) electrons. The van der Waals surface area contributed by atoms with E-state index in [9.17, 15) is 4.79 Å². The second-order valence-electron chi connectivity index (χ2n) is 4.53. The Labute approximate surface area is 98.9 Å². The zero-order valence-electron chi connectivity index (χ0n) is 10.8. The van der Waals surface area contributed by atoms with Crippen LogP contribution in [0.3, 0.4) is 0 Å². The Morgan fingerprint density at radius 3 is 2.06 bits per heavy atom. The van der Waals surface area contributed by atoms with E-state index in [1.54, 1.807) is 6.92 Å². The quantitative estimate of drug-likeness (QED) is 0.748. The van der Waals surface area contributed by atoms with Crippen molar-refractivity contribution in [3.8, 4) is 0 Å².